The van der Waals surface area contributed by atoms with Gasteiger partial charge in [-0.2, -0.15) is 0 Å². The topological polar surface area (TPSA) is 143 Å². The van der Waals surface area contributed by atoms with Gasteiger partial charge in [0.15, 0.2) is 22.5 Å². The third kappa shape index (κ3) is 4.74. The van der Waals surface area contributed by atoms with Crippen molar-refractivity contribution < 1.29 is 47.1 Å². The zero-order valence-corrected chi connectivity index (χ0v) is 23.9. The highest BCUT2D eigenvalue weighted by atomic mass is 16.9. The average molecular weight is 591 g/mol. The van der Waals surface area contributed by atoms with E-state index < -0.39 is 35.0 Å². The van der Waals surface area contributed by atoms with Crippen molar-refractivity contribution in [3.63, 3.8) is 0 Å². The van der Waals surface area contributed by atoms with E-state index in [2.05, 4.69) is 0 Å². The van der Waals surface area contributed by atoms with Gasteiger partial charge in [0.05, 0.1) is 23.7 Å². The average Bonchev–Trinajstić information content (AvgIpc) is 3.66. The molecular weight excluding hydrogens is 560 g/mol. The Bertz CT molecular complexity index is 1940. The maximum Gasteiger partial charge on any atom is 0.350 e. The molecule has 1 saturated heterocycles. The van der Waals surface area contributed by atoms with Gasteiger partial charge in [-0.25, -0.2) is 4.79 Å². The van der Waals surface area contributed by atoms with Gasteiger partial charge in [0.2, 0.25) is 11.5 Å². The molecule has 1 spiro atoms. The van der Waals surface area contributed by atoms with E-state index in [1.165, 1.54) is 32.4 Å². The lowest BCUT2D eigenvalue weighted by Gasteiger charge is -2.31. The van der Waals surface area contributed by atoms with Crippen molar-refractivity contribution in [3.05, 3.63) is 71.0 Å². The Morgan fingerprint density at radius 1 is 0.953 bits per heavy atom. The lowest BCUT2D eigenvalue weighted by molar-refractivity contribution is -0.271. The van der Waals surface area contributed by atoms with Crippen molar-refractivity contribution in [2.45, 2.75) is 57.1 Å². The third-order valence-electron chi connectivity index (χ3n) is 7.74. The molecule has 3 aromatic heterocycles. The second kappa shape index (κ2) is 9.61. The first kappa shape index (κ1) is 27.5. The molecule has 11 nitrogen and oxygen atoms in total. The van der Waals surface area contributed by atoms with Crippen LogP contribution < -0.4 is 19.8 Å². The minimum atomic E-state index is -1.64. The van der Waals surface area contributed by atoms with E-state index in [0.29, 0.717) is 27.9 Å². The van der Waals surface area contributed by atoms with Crippen molar-refractivity contribution in [2.24, 2.45) is 0 Å². The second-order valence-electron chi connectivity index (χ2n) is 11.8. The summed E-state index contributed by atoms with van der Waals surface area (Å²) >= 11 is 0. The first-order valence-corrected chi connectivity index (χ1v) is 13.8. The Morgan fingerprint density at radius 3 is 2.40 bits per heavy atom. The SMILES string of the molecule is CC(C)(O)[C@H](O)COc1c2c(cc3ccoc13)C=C[C@@]1(O2)O[C@H](COc2c3occc3cc3ccc(=O)oc23)C(C)(C)O1. The second-order valence-corrected chi connectivity index (χ2v) is 11.8. The van der Waals surface area contributed by atoms with Gasteiger partial charge >= 0.3 is 11.6 Å². The van der Waals surface area contributed by atoms with Crippen LogP contribution in [0.5, 0.6) is 17.2 Å². The number of rotatable bonds is 7. The molecule has 11 heteroatoms. The minimum absolute atomic E-state index is 0.00464. The number of hydrogen-bond acceptors (Lipinski definition) is 11. The van der Waals surface area contributed by atoms with Crippen LogP contribution in [-0.2, 0) is 9.47 Å². The van der Waals surface area contributed by atoms with Gasteiger partial charge in [0, 0.05) is 33.9 Å². The molecule has 5 heterocycles. The maximum absolute atomic E-state index is 12.0. The van der Waals surface area contributed by atoms with Gasteiger partial charge in [-0.05, 0) is 64.1 Å². The van der Waals surface area contributed by atoms with E-state index in [9.17, 15) is 15.0 Å². The molecule has 5 aromatic rings. The van der Waals surface area contributed by atoms with Crippen LogP contribution in [0.25, 0.3) is 39.0 Å². The van der Waals surface area contributed by atoms with Crippen LogP contribution in [0, 0.1) is 0 Å². The summed E-state index contributed by atoms with van der Waals surface area (Å²) in [6.45, 7) is 6.46. The molecule has 43 heavy (non-hydrogen) atoms. The summed E-state index contributed by atoms with van der Waals surface area (Å²) in [5.74, 6) is -0.829. The number of hydrogen-bond donors (Lipinski definition) is 2. The van der Waals surface area contributed by atoms with Crippen molar-refractivity contribution in [3.8, 4) is 17.2 Å². The highest BCUT2D eigenvalue weighted by Crippen LogP contribution is 2.49. The highest BCUT2D eigenvalue weighted by Gasteiger charge is 2.55. The van der Waals surface area contributed by atoms with Crippen molar-refractivity contribution >= 4 is 39.0 Å². The first-order valence-electron chi connectivity index (χ1n) is 13.8. The third-order valence-corrected chi connectivity index (χ3v) is 7.74. The van der Waals surface area contributed by atoms with Crippen LogP contribution in [0.3, 0.4) is 0 Å². The Hall–Kier alpha value is -4.29. The molecule has 0 radical (unpaired) electrons. The van der Waals surface area contributed by atoms with Gasteiger partial charge in [-0.3, -0.25) is 0 Å². The van der Waals surface area contributed by atoms with Crippen LogP contribution in [0.1, 0.15) is 33.3 Å². The smallest absolute Gasteiger partial charge is 0.350 e. The molecule has 3 atom stereocenters. The number of aliphatic hydroxyl groups excluding tert-OH is 1. The monoisotopic (exact) mass is 590 g/mol. The molecule has 2 aliphatic heterocycles. The highest BCUT2D eigenvalue weighted by molar-refractivity contribution is 6.00. The Balaban J connectivity index is 1.18. The number of benzene rings is 2. The fourth-order valence-corrected chi connectivity index (χ4v) is 5.22. The Morgan fingerprint density at radius 2 is 1.65 bits per heavy atom. The molecule has 2 N–H and O–H groups in total. The van der Waals surface area contributed by atoms with Gasteiger partial charge in [-0.1, -0.05) is 0 Å². The standard InChI is InChI=1S/C32H30O11/c1-30(2,35)21(33)15-38-29-25-20(9-12-37-25)14-18-7-10-32(42-27(18)29)41-22(31(3,4)43-32)16-39-28-24-19(8-11-36-24)13-17-5-6-23(34)40-26(17)28/h5-14,21-22,33,35H,15-16H2,1-4H3/t21-,22-,32+/m1/s1. The van der Waals surface area contributed by atoms with E-state index >= 15 is 0 Å². The largest absolute Gasteiger partial charge is 0.483 e. The fourth-order valence-electron chi connectivity index (χ4n) is 5.22. The minimum Gasteiger partial charge on any atom is -0.483 e. The summed E-state index contributed by atoms with van der Waals surface area (Å²) in [5.41, 5.74) is -1.01. The van der Waals surface area contributed by atoms with Crippen LogP contribution in [0.2, 0.25) is 0 Å². The molecule has 0 amide bonds. The number of ether oxygens (including phenoxy) is 5. The van der Waals surface area contributed by atoms with Crippen LogP contribution in [0.15, 0.2) is 73.0 Å². The number of aliphatic hydroxyl groups is 2. The summed E-state index contributed by atoms with van der Waals surface area (Å²) in [6.07, 6.45) is 4.70. The van der Waals surface area contributed by atoms with Crippen LogP contribution in [0.4, 0.5) is 0 Å². The summed E-state index contributed by atoms with van der Waals surface area (Å²) in [7, 11) is 0. The predicted octanol–water partition coefficient (Wildman–Crippen LogP) is 5.13. The van der Waals surface area contributed by atoms with Gasteiger partial charge in [-0.15, -0.1) is 0 Å². The van der Waals surface area contributed by atoms with E-state index in [4.69, 9.17) is 36.9 Å². The summed E-state index contributed by atoms with van der Waals surface area (Å²) in [5, 5.41) is 22.9. The summed E-state index contributed by atoms with van der Waals surface area (Å²) in [6, 6.07) is 10.3. The molecular formula is C32H30O11. The first-order chi connectivity index (χ1) is 20.4. The van der Waals surface area contributed by atoms with E-state index in [0.717, 1.165) is 10.8 Å². The molecule has 1 fully saturated rings. The van der Waals surface area contributed by atoms with Crippen LogP contribution >= 0.6 is 0 Å². The maximum atomic E-state index is 12.0. The normalized spacial score (nSPS) is 21.9. The van der Waals surface area contributed by atoms with E-state index in [1.807, 2.05) is 26.0 Å². The molecule has 7 rings (SSSR count). The Labute approximate surface area is 244 Å². The quantitative estimate of drug-likeness (QED) is 0.244. The number of fused-ring (bicyclic) bond motifs is 4. The van der Waals surface area contributed by atoms with Crippen molar-refractivity contribution in [1.29, 1.82) is 0 Å². The molecule has 224 valence electrons. The van der Waals surface area contributed by atoms with E-state index in [1.54, 1.807) is 30.4 Å². The van der Waals surface area contributed by atoms with Crippen LogP contribution in [-0.4, -0.2) is 52.8 Å². The van der Waals surface area contributed by atoms with Gasteiger partial charge in [0.1, 0.15) is 25.4 Å². The molecule has 0 saturated carbocycles. The molecule has 2 aromatic carbocycles. The number of furan rings is 2. The lowest BCUT2D eigenvalue weighted by atomic mass is 10.0. The summed E-state index contributed by atoms with van der Waals surface area (Å²) < 4.78 is 48.2. The lowest BCUT2D eigenvalue weighted by Crippen LogP contribution is -2.41. The predicted molar refractivity (Wildman–Crippen MR) is 154 cm³/mol. The molecule has 0 unspecified atom stereocenters. The van der Waals surface area contributed by atoms with Gasteiger partial charge < -0.3 is 47.1 Å². The zero-order valence-electron chi connectivity index (χ0n) is 23.9. The van der Waals surface area contributed by atoms with Crippen molar-refractivity contribution in [2.75, 3.05) is 13.2 Å². The Kier molecular flexibility index (Phi) is 6.16. The van der Waals surface area contributed by atoms with Gasteiger partial charge in [0.25, 0.3) is 0 Å². The molecule has 2 aliphatic rings. The zero-order chi connectivity index (χ0) is 30.1. The van der Waals surface area contributed by atoms with E-state index in [-0.39, 0.29) is 30.3 Å². The van der Waals surface area contributed by atoms with Crippen molar-refractivity contribution in [1.82, 2.24) is 0 Å². The molecule has 0 aliphatic carbocycles. The molecule has 0 bridgehead atoms. The summed E-state index contributed by atoms with van der Waals surface area (Å²) in [4.78, 5) is 12.0. The fraction of sp³-hybridized carbons (Fsp3) is 0.344.